The molecule has 4 heterocycles. The smallest absolute Gasteiger partial charge is 0.261 e. The lowest BCUT2D eigenvalue weighted by Gasteiger charge is -2.24. The molecule has 0 aromatic carbocycles. The van der Waals surface area contributed by atoms with Crippen molar-refractivity contribution in [3.05, 3.63) is 52.7 Å². The first-order valence-corrected chi connectivity index (χ1v) is 29.2. The van der Waals surface area contributed by atoms with Crippen LogP contribution in [-0.2, 0) is 9.59 Å². The Bertz CT molecular complexity index is 1510. The fraction of sp³-hybridized carbons (Fsp3) is 0.741. The zero-order valence-electron chi connectivity index (χ0n) is 39.8. The van der Waals surface area contributed by atoms with Crippen molar-refractivity contribution in [2.75, 3.05) is 13.1 Å². The highest BCUT2D eigenvalue weighted by Crippen LogP contribution is 2.49. The lowest BCUT2D eigenvalue weighted by molar-refractivity contribution is -0.124. The molecule has 62 heavy (non-hydrogen) atoms. The van der Waals surface area contributed by atoms with E-state index in [4.69, 9.17) is 0 Å². The summed E-state index contributed by atoms with van der Waals surface area (Å²) in [4.78, 5) is 35.1. The van der Waals surface area contributed by atoms with Crippen molar-refractivity contribution >= 4 is 77.7 Å². The minimum absolute atomic E-state index is 0.00128. The summed E-state index contributed by atoms with van der Waals surface area (Å²) >= 11 is 10.6. The monoisotopic (exact) mass is 1020 g/mol. The summed E-state index contributed by atoms with van der Waals surface area (Å²) in [6.45, 7) is 10.7. The Kier molecular flexibility index (Phi) is 27.3. The zero-order valence-corrected chi connectivity index (χ0v) is 44.6. The van der Waals surface area contributed by atoms with E-state index in [-0.39, 0.29) is 11.8 Å². The minimum Gasteiger partial charge on any atom is -0.306 e. The first kappa shape index (κ1) is 53.4. The van der Waals surface area contributed by atoms with Gasteiger partial charge in [0.25, 0.3) is 11.8 Å². The summed E-state index contributed by atoms with van der Waals surface area (Å²) in [7, 11) is 0. The molecule has 4 nitrogen and oxygen atoms in total. The Morgan fingerprint density at radius 3 is 0.984 bits per heavy atom. The molecule has 350 valence electrons. The van der Waals surface area contributed by atoms with Crippen molar-refractivity contribution in [2.24, 2.45) is 11.8 Å². The Morgan fingerprint density at radius 2 is 0.710 bits per heavy atom. The number of unbranched alkanes of at least 4 members (excludes halogenated alkanes) is 22. The van der Waals surface area contributed by atoms with Crippen LogP contribution in [0.5, 0.6) is 0 Å². The molecule has 8 heteroatoms. The Balaban J connectivity index is 1.24. The molecule has 0 saturated carbocycles. The van der Waals surface area contributed by atoms with E-state index < -0.39 is 0 Å². The van der Waals surface area contributed by atoms with Crippen molar-refractivity contribution in [1.82, 2.24) is 9.80 Å². The molecule has 2 aliphatic heterocycles. The van der Waals surface area contributed by atoms with Crippen molar-refractivity contribution in [3.8, 4) is 0 Å². The fourth-order valence-electron chi connectivity index (χ4n) is 9.92. The molecular weight excluding hydrogens is 933 g/mol. The van der Waals surface area contributed by atoms with Gasteiger partial charge >= 0.3 is 0 Å². The second kappa shape index (κ2) is 31.7. The van der Waals surface area contributed by atoms with Gasteiger partial charge in [0.05, 0.1) is 39.9 Å². The molecular formula is C54H86Br2N2O2S2. The molecule has 0 radical (unpaired) electrons. The number of carbonyl (C=O) groups excluding carboxylic acids is 2. The number of halogens is 2. The molecule has 0 saturated heterocycles. The summed E-state index contributed by atoms with van der Waals surface area (Å²) in [6.07, 6.45) is 42.2. The van der Waals surface area contributed by atoms with Crippen LogP contribution in [0.3, 0.4) is 0 Å². The summed E-state index contributed by atoms with van der Waals surface area (Å²) in [5, 5.41) is 0. The minimum atomic E-state index is -0.00128. The average Bonchev–Trinajstić information content (AvgIpc) is 4.04. The van der Waals surface area contributed by atoms with Crippen LogP contribution in [0.1, 0.15) is 243 Å². The SMILES string of the molecule is CCCCCCCCC(CC)CCCCCCCCCN1C(=O)C2=C(c3ccc(Br)s3)N(CCCCCCCCCC(CC)CCCCCCCC)C(=O)C2=C1c1ccc(Br)s1. The summed E-state index contributed by atoms with van der Waals surface area (Å²) < 4.78 is 2.03. The molecule has 2 unspecified atom stereocenters. The standard InChI is InChI=1S/C54H86Br2N2O2S2/c1-5-9-11-13-21-27-33-43(7-3)35-29-23-17-15-19-25-31-41-57-51(45-37-39-47(55)61-45)49-50(53(57)59)52(46-38-40-48(56)62-46)58(54(49)60)42-32-26-20-16-18-24-30-36-44(8-4)34-28-22-14-12-10-6-2/h37-40,43-44H,5-36,41-42H2,1-4H3. The molecule has 2 amide bonds. The first-order valence-electron chi connectivity index (χ1n) is 26.0. The molecule has 0 aliphatic carbocycles. The number of rotatable bonds is 38. The van der Waals surface area contributed by atoms with Crippen LogP contribution in [0, 0.1) is 11.8 Å². The number of hydrogen-bond donors (Lipinski definition) is 0. The van der Waals surface area contributed by atoms with Crippen LogP contribution in [-0.4, -0.2) is 34.7 Å². The van der Waals surface area contributed by atoms with Crippen molar-refractivity contribution in [3.63, 3.8) is 0 Å². The van der Waals surface area contributed by atoms with Gasteiger partial charge in [0, 0.05) is 13.1 Å². The van der Waals surface area contributed by atoms with E-state index in [0.29, 0.717) is 24.2 Å². The lowest BCUT2D eigenvalue weighted by atomic mass is 9.92. The Morgan fingerprint density at radius 1 is 0.419 bits per heavy atom. The second-order valence-electron chi connectivity index (χ2n) is 18.8. The van der Waals surface area contributed by atoms with E-state index in [2.05, 4.69) is 71.7 Å². The van der Waals surface area contributed by atoms with Crippen molar-refractivity contribution in [1.29, 1.82) is 0 Å². The molecule has 0 spiro atoms. The Hall–Kier alpha value is -1.22. The fourth-order valence-corrected chi connectivity index (χ4v) is 12.8. The predicted octanol–water partition coefficient (Wildman–Crippen LogP) is 18.9. The van der Waals surface area contributed by atoms with Crippen LogP contribution >= 0.6 is 54.5 Å². The maximum atomic E-state index is 14.6. The van der Waals surface area contributed by atoms with Crippen molar-refractivity contribution < 1.29 is 9.59 Å². The van der Waals surface area contributed by atoms with Gasteiger partial charge in [0.1, 0.15) is 0 Å². The molecule has 0 N–H and O–H groups in total. The zero-order chi connectivity index (χ0) is 44.4. The van der Waals surface area contributed by atoms with Crippen LogP contribution in [0.25, 0.3) is 11.4 Å². The van der Waals surface area contributed by atoms with Gasteiger partial charge in [-0.3, -0.25) is 9.59 Å². The average molecular weight is 1020 g/mol. The van der Waals surface area contributed by atoms with Gasteiger partial charge in [-0.2, -0.15) is 0 Å². The van der Waals surface area contributed by atoms with Crippen LogP contribution < -0.4 is 0 Å². The third kappa shape index (κ3) is 17.9. The summed E-state index contributed by atoms with van der Waals surface area (Å²) in [5.41, 5.74) is 2.88. The predicted molar refractivity (Wildman–Crippen MR) is 279 cm³/mol. The third-order valence-corrected chi connectivity index (χ3v) is 17.1. The molecule has 2 atom stereocenters. The second-order valence-corrected chi connectivity index (χ2v) is 23.7. The molecule has 2 aromatic rings. The maximum absolute atomic E-state index is 14.6. The number of amides is 2. The number of thiophene rings is 2. The molecule has 2 aliphatic rings. The maximum Gasteiger partial charge on any atom is 0.261 e. The third-order valence-electron chi connectivity index (χ3n) is 13.9. The quantitative estimate of drug-likeness (QED) is 0.0629. The van der Waals surface area contributed by atoms with Gasteiger partial charge in [-0.25, -0.2) is 0 Å². The highest BCUT2D eigenvalue weighted by Gasteiger charge is 2.49. The summed E-state index contributed by atoms with van der Waals surface area (Å²) in [5.74, 6) is 1.82. The molecule has 4 rings (SSSR count). The number of carbonyl (C=O) groups is 2. The summed E-state index contributed by atoms with van der Waals surface area (Å²) in [6, 6.07) is 8.24. The van der Waals surface area contributed by atoms with Crippen LogP contribution in [0.15, 0.2) is 43.0 Å². The van der Waals surface area contributed by atoms with Gasteiger partial charge in [-0.15, -0.1) is 22.7 Å². The van der Waals surface area contributed by atoms with Crippen LogP contribution in [0.4, 0.5) is 0 Å². The van der Waals surface area contributed by atoms with Gasteiger partial charge in [-0.1, -0.05) is 220 Å². The molecule has 2 aromatic heterocycles. The van der Waals surface area contributed by atoms with Gasteiger partial charge in [-0.05, 0) is 80.8 Å². The van der Waals surface area contributed by atoms with E-state index in [1.165, 1.54) is 180 Å². The number of nitrogens with zero attached hydrogens (tertiary/aromatic N) is 2. The van der Waals surface area contributed by atoms with Gasteiger partial charge < -0.3 is 9.80 Å². The number of fused-ring (bicyclic) bond motifs is 1. The lowest BCUT2D eigenvalue weighted by Crippen LogP contribution is -2.30. The van der Waals surface area contributed by atoms with E-state index in [1.807, 2.05) is 21.9 Å². The highest BCUT2D eigenvalue weighted by atomic mass is 79.9. The normalized spacial score (nSPS) is 15.3. The van der Waals surface area contributed by atoms with Gasteiger partial charge in [0.2, 0.25) is 0 Å². The van der Waals surface area contributed by atoms with E-state index in [9.17, 15) is 9.59 Å². The highest BCUT2D eigenvalue weighted by molar-refractivity contribution is 9.11. The Labute approximate surface area is 405 Å². The van der Waals surface area contributed by atoms with Crippen LogP contribution in [0.2, 0.25) is 0 Å². The van der Waals surface area contributed by atoms with E-state index in [1.54, 1.807) is 22.7 Å². The van der Waals surface area contributed by atoms with E-state index in [0.717, 1.165) is 66.2 Å². The van der Waals surface area contributed by atoms with Gasteiger partial charge in [0.15, 0.2) is 0 Å². The van der Waals surface area contributed by atoms with Crippen molar-refractivity contribution in [2.45, 2.75) is 233 Å². The topological polar surface area (TPSA) is 40.6 Å². The number of hydrogen-bond acceptors (Lipinski definition) is 4. The molecule has 0 bridgehead atoms. The molecule has 0 fully saturated rings. The first-order chi connectivity index (χ1) is 30.3. The largest absolute Gasteiger partial charge is 0.306 e. The van der Waals surface area contributed by atoms with E-state index >= 15 is 0 Å².